The normalized spacial score (nSPS) is 16.3. The van der Waals surface area contributed by atoms with Gasteiger partial charge in [0.05, 0.1) is 18.7 Å². The van der Waals surface area contributed by atoms with Crippen LogP contribution in [0.15, 0.2) is 41.0 Å². The van der Waals surface area contributed by atoms with Gasteiger partial charge in [-0.15, -0.1) is 0 Å². The Bertz CT molecular complexity index is 889. The first kappa shape index (κ1) is 20.6. The van der Waals surface area contributed by atoms with E-state index in [0.717, 1.165) is 16.8 Å². The van der Waals surface area contributed by atoms with Crippen molar-refractivity contribution in [1.29, 1.82) is 0 Å². The molecule has 3 rings (SSSR count). The Balaban J connectivity index is 1.52. The number of carbonyl (C=O) groups excluding carboxylic acids is 3. The van der Waals surface area contributed by atoms with E-state index in [9.17, 15) is 14.4 Å². The van der Waals surface area contributed by atoms with Crippen molar-refractivity contribution in [2.75, 3.05) is 18.5 Å². The molecule has 0 bridgehead atoms. The summed E-state index contributed by atoms with van der Waals surface area (Å²) in [6.45, 7) is 6.22. The summed E-state index contributed by atoms with van der Waals surface area (Å²) in [7, 11) is 0. The van der Waals surface area contributed by atoms with Crippen LogP contribution in [0.1, 0.15) is 43.1 Å². The van der Waals surface area contributed by atoms with Crippen LogP contribution in [0.5, 0.6) is 0 Å². The number of carbonyl (C=O) groups is 3. The quantitative estimate of drug-likeness (QED) is 0.724. The van der Waals surface area contributed by atoms with Crippen molar-refractivity contribution in [3.8, 4) is 0 Å². The number of ether oxygens (including phenoxy) is 1. The van der Waals surface area contributed by atoms with E-state index in [1.165, 1.54) is 0 Å². The molecule has 0 radical (unpaired) electrons. The number of hydrogen-bond donors (Lipinski definition) is 1. The standard InChI is InChI=1S/C22H26N2O5/c1-14(2)18-8-4-6-15(3)21(18)23-19(25)13-29-22(27)16-10-20(26)24(11-16)12-17-7-5-9-28-17/h4-9,14,16H,10-13H2,1-3H3,(H,23,25). The second-order valence-electron chi connectivity index (χ2n) is 7.60. The second-order valence-corrected chi connectivity index (χ2v) is 7.60. The molecule has 1 atom stereocenters. The first-order valence-electron chi connectivity index (χ1n) is 9.71. The van der Waals surface area contributed by atoms with E-state index < -0.39 is 17.8 Å². The number of likely N-dealkylation sites (tertiary alicyclic amines) is 1. The number of nitrogens with one attached hydrogen (secondary N) is 1. The first-order chi connectivity index (χ1) is 13.8. The second kappa shape index (κ2) is 8.94. The molecule has 2 heterocycles. The van der Waals surface area contributed by atoms with Crippen LogP contribution in [-0.4, -0.2) is 35.8 Å². The lowest BCUT2D eigenvalue weighted by Gasteiger charge is -2.17. The molecule has 2 amide bonds. The van der Waals surface area contributed by atoms with Crippen LogP contribution in [0, 0.1) is 12.8 Å². The number of para-hydroxylation sites is 1. The van der Waals surface area contributed by atoms with Crippen LogP contribution in [-0.2, 0) is 25.7 Å². The molecule has 29 heavy (non-hydrogen) atoms. The zero-order chi connectivity index (χ0) is 21.0. The van der Waals surface area contributed by atoms with E-state index in [2.05, 4.69) is 19.2 Å². The number of aryl methyl sites for hydroxylation is 1. The van der Waals surface area contributed by atoms with Gasteiger partial charge in [-0.25, -0.2) is 0 Å². The number of anilines is 1. The monoisotopic (exact) mass is 398 g/mol. The molecule has 0 spiro atoms. The summed E-state index contributed by atoms with van der Waals surface area (Å²) in [4.78, 5) is 38.3. The molecule has 1 aliphatic heterocycles. The molecule has 1 aromatic carbocycles. The maximum absolute atomic E-state index is 12.3. The summed E-state index contributed by atoms with van der Waals surface area (Å²) < 4.78 is 10.4. The van der Waals surface area contributed by atoms with E-state index in [1.807, 2.05) is 25.1 Å². The topological polar surface area (TPSA) is 88.8 Å². The van der Waals surface area contributed by atoms with Crippen molar-refractivity contribution in [3.63, 3.8) is 0 Å². The van der Waals surface area contributed by atoms with Crippen LogP contribution < -0.4 is 5.32 Å². The van der Waals surface area contributed by atoms with Gasteiger partial charge in [-0.05, 0) is 36.1 Å². The highest BCUT2D eigenvalue weighted by Crippen LogP contribution is 2.27. The predicted octanol–water partition coefficient (Wildman–Crippen LogP) is 3.24. The van der Waals surface area contributed by atoms with Gasteiger partial charge in [0.25, 0.3) is 5.91 Å². The van der Waals surface area contributed by atoms with Gasteiger partial charge < -0.3 is 19.4 Å². The molecule has 7 nitrogen and oxygen atoms in total. The van der Waals surface area contributed by atoms with E-state index in [-0.39, 0.29) is 31.4 Å². The largest absolute Gasteiger partial charge is 0.467 e. The molecule has 0 saturated carbocycles. The maximum atomic E-state index is 12.3. The molecule has 1 saturated heterocycles. The lowest BCUT2D eigenvalue weighted by Crippen LogP contribution is -2.28. The van der Waals surface area contributed by atoms with Gasteiger partial charge >= 0.3 is 5.97 Å². The highest BCUT2D eigenvalue weighted by molar-refractivity contribution is 5.95. The van der Waals surface area contributed by atoms with Crippen LogP contribution in [0.3, 0.4) is 0 Å². The van der Waals surface area contributed by atoms with Crippen LogP contribution >= 0.6 is 0 Å². The Hall–Kier alpha value is -3.09. The van der Waals surface area contributed by atoms with Gasteiger partial charge in [0.1, 0.15) is 5.76 Å². The number of hydrogen-bond acceptors (Lipinski definition) is 5. The molecule has 1 aromatic heterocycles. The van der Waals surface area contributed by atoms with Gasteiger partial charge in [-0.3, -0.25) is 14.4 Å². The zero-order valence-electron chi connectivity index (χ0n) is 16.9. The van der Waals surface area contributed by atoms with E-state index in [4.69, 9.17) is 9.15 Å². The van der Waals surface area contributed by atoms with Gasteiger partial charge in [0, 0.05) is 18.7 Å². The third kappa shape index (κ3) is 5.04. The molecule has 1 N–H and O–H groups in total. The summed E-state index contributed by atoms with van der Waals surface area (Å²) in [5, 5.41) is 2.85. The first-order valence-corrected chi connectivity index (χ1v) is 9.71. The molecular formula is C22H26N2O5. The van der Waals surface area contributed by atoms with Crippen molar-refractivity contribution in [3.05, 3.63) is 53.5 Å². The summed E-state index contributed by atoms with van der Waals surface area (Å²) in [5.41, 5.74) is 2.73. The van der Waals surface area contributed by atoms with Crippen molar-refractivity contribution in [1.82, 2.24) is 4.90 Å². The Labute approximate surface area is 170 Å². The zero-order valence-corrected chi connectivity index (χ0v) is 16.9. The number of rotatable bonds is 7. The van der Waals surface area contributed by atoms with Crippen molar-refractivity contribution in [2.24, 2.45) is 5.92 Å². The minimum absolute atomic E-state index is 0.0798. The molecule has 154 valence electrons. The fraction of sp³-hybridized carbons (Fsp3) is 0.409. The third-order valence-corrected chi connectivity index (χ3v) is 5.01. The summed E-state index contributed by atoms with van der Waals surface area (Å²) in [6, 6.07) is 9.37. The van der Waals surface area contributed by atoms with Crippen LogP contribution in [0.2, 0.25) is 0 Å². The molecule has 1 unspecified atom stereocenters. The van der Waals surface area contributed by atoms with Gasteiger partial charge in [-0.2, -0.15) is 0 Å². The summed E-state index contributed by atoms with van der Waals surface area (Å²) in [5.74, 6) is -0.733. The average molecular weight is 398 g/mol. The van der Waals surface area contributed by atoms with E-state index in [1.54, 1.807) is 23.3 Å². The number of nitrogens with zero attached hydrogens (tertiary/aromatic N) is 1. The lowest BCUT2D eigenvalue weighted by molar-refractivity contribution is -0.151. The molecule has 1 aliphatic rings. The van der Waals surface area contributed by atoms with Crippen LogP contribution in [0.4, 0.5) is 5.69 Å². The minimum atomic E-state index is -0.574. The van der Waals surface area contributed by atoms with Crippen molar-refractivity contribution < 1.29 is 23.5 Å². The Morgan fingerprint density at radius 1 is 1.28 bits per heavy atom. The highest BCUT2D eigenvalue weighted by Gasteiger charge is 2.35. The number of esters is 1. The Morgan fingerprint density at radius 3 is 2.76 bits per heavy atom. The van der Waals surface area contributed by atoms with Crippen molar-refractivity contribution >= 4 is 23.5 Å². The SMILES string of the molecule is Cc1cccc(C(C)C)c1NC(=O)COC(=O)C1CC(=O)N(Cc2ccco2)C1. The third-order valence-electron chi connectivity index (χ3n) is 5.01. The van der Waals surface area contributed by atoms with E-state index >= 15 is 0 Å². The molecular weight excluding hydrogens is 372 g/mol. The summed E-state index contributed by atoms with van der Waals surface area (Å²) >= 11 is 0. The van der Waals surface area contributed by atoms with E-state index in [0.29, 0.717) is 12.3 Å². The Morgan fingerprint density at radius 2 is 2.07 bits per heavy atom. The average Bonchev–Trinajstić information content (AvgIpc) is 3.31. The number of amides is 2. The minimum Gasteiger partial charge on any atom is -0.467 e. The highest BCUT2D eigenvalue weighted by atomic mass is 16.5. The number of benzene rings is 1. The van der Waals surface area contributed by atoms with Gasteiger partial charge in [-0.1, -0.05) is 32.0 Å². The van der Waals surface area contributed by atoms with Gasteiger partial charge in [0.15, 0.2) is 6.61 Å². The molecule has 0 aliphatic carbocycles. The predicted molar refractivity (Wildman–Crippen MR) is 107 cm³/mol. The maximum Gasteiger partial charge on any atom is 0.311 e. The van der Waals surface area contributed by atoms with Gasteiger partial charge in [0.2, 0.25) is 5.91 Å². The Kier molecular flexibility index (Phi) is 6.36. The van der Waals surface area contributed by atoms with Crippen molar-refractivity contribution in [2.45, 2.75) is 39.7 Å². The van der Waals surface area contributed by atoms with Crippen LogP contribution in [0.25, 0.3) is 0 Å². The lowest BCUT2D eigenvalue weighted by atomic mass is 9.98. The fourth-order valence-electron chi connectivity index (χ4n) is 3.45. The summed E-state index contributed by atoms with van der Waals surface area (Å²) in [6.07, 6.45) is 1.62. The smallest absolute Gasteiger partial charge is 0.311 e. The molecule has 7 heteroatoms. The number of furan rings is 1. The fourth-order valence-corrected chi connectivity index (χ4v) is 3.45. The molecule has 1 fully saturated rings. The molecule has 2 aromatic rings.